The predicted octanol–water partition coefficient (Wildman–Crippen LogP) is 1.80. The first-order chi connectivity index (χ1) is 8.62. The maximum absolute atomic E-state index is 11.8. The zero-order valence-corrected chi connectivity index (χ0v) is 12.2. The Morgan fingerprint density at radius 2 is 2.06 bits per heavy atom. The van der Waals surface area contributed by atoms with E-state index in [0.29, 0.717) is 6.54 Å². The van der Waals surface area contributed by atoms with E-state index in [0.717, 1.165) is 11.3 Å². The van der Waals surface area contributed by atoms with Gasteiger partial charge in [0.2, 0.25) is 5.91 Å². The number of hydrogen-bond donors (Lipinski definition) is 1. The van der Waals surface area contributed by atoms with E-state index in [4.69, 9.17) is 4.74 Å². The summed E-state index contributed by atoms with van der Waals surface area (Å²) in [4.78, 5) is 13.4. The van der Waals surface area contributed by atoms with E-state index in [2.05, 4.69) is 15.9 Å². The van der Waals surface area contributed by atoms with E-state index >= 15 is 0 Å². The van der Waals surface area contributed by atoms with Crippen molar-refractivity contribution in [1.29, 1.82) is 0 Å². The maximum Gasteiger partial charge on any atom is 0.233 e. The Kier molecular flexibility index (Phi) is 6.15. The quantitative estimate of drug-likeness (QED) is 0.814. The largest absolute Gasteiger partial charge is 0.497 e. The smallest absolute Gasteiger partial charge is 0.233 e. The van der Waals surface area contributed by atoms with Gasteiger partial charge in [0.05, 0.1) is 25.1 Å². The monoisotopic (exact) mass is 315 g/mol. The average Bonchev–Trinajstić information content (AvgIpc) is 2.43. The number of rotatable bonds is 6. The highest BCUT2D eigenvalue weighted by Gasteiger charge is 2.18. The minimum absolute atomic E-state index is 0.0348. The predicted molar refractivity (Wildman–Crippen MR) is 73.9 cm³/mol. The van der Waals surface area contributed by atoms with Crippen molar-refractivity contribution in [2.24, 2.45) is 0 Å². The van der Waals surface area contributed by atoms with Gasteiger partial charge >= 0.3 is 0 Å². The molecule has 0 fully saturated rings. The zero-order chi connectivity index (χ0) is 13.5. The molecule has 1 aromatic rings. The number of carbonyl (C=O) groups excluding carboxylic acids is 1. The van der Waals surface area contributed by atoms with Crippen molar-refractivity contribution >= 4 is 21.8 Å². The summed E-state index contributed by atoms with van der Waals surface area (Å²) in [6.45, 7) is 2.26. The molecule has 0 radical (unpaired) electrons. The van der Waals surface area contributed by atoms with Crippen LogP contribution in [0.25, 0.3) is 0 Å². The molecule has 1 rings (SSSR count). The van der Waals surface area contributed by atoms with E-state index in [-0.39, 0.29) is 23.9 Å². The molecule has 1 aromatic carbocycles. The third-order valence-corrected chi connectivity index (χ3v) is 3.22. The lowest BCUT2D eigenvalue weighted by Crippen LogP contribution is -2.40. The summed E-state index contributed by atoms with van der Waals surface area (Å²) in [5.41, 5.74) is 1.01. The van der Waals surface area contributed by atoms with Crippen LogP contribution in [0.2, 0.25) is 0 Å². The van der Waals surface area contributed by atoms with Crippen LogP contribution in [0.3, 0.4) is 0 Å². The lowest BCUT2D eigenvalue weighted by Gasteiger charge is -2.27. The average molecular weight is 316 g/mol. The first-order valence-corrected chi connectivity index (χ1v) is 6.83. The van der Waals surface area contributed by atoms with Crippen molar-refractivity contribution < 1.29 is 14.6 Å². The standard InChI is InChI=1S/C13H18BrNO3/c1-10(9-16)15(13(17)7-14)8-11-3-5-12(18-2)6-4-11/h3-6,10,16H,7-9H2,1-2H3/t10-/m0/s1. The second kappa shape index (κ2) is 7.38. The fourth-order valence-corrected chi connectivity index (χ4v) is 1.91. The number of halogens is 1. The van der Waals surface area contributed by atoms with E-state index < -0.39 is 0 Å². The second-order valence-corrected chi connectivity index (χ2v) is 4.60. The SMILES string of the molecule is COc1ccc(CN(C(=O)CBr)[C@@H](C)CO)cc1. The van der Waals surface area contributed by atoms with Crippen molar-refractivity contribution in [3.63, 3.8) is 0 Å². The van der Waals surface area contributed by atoms with Crippen molar-refractivity contribution in [1.82, 2.24) is 4.90 Å². The van der Waals surface area contributed by atoms with Gasteiger partial charge in [0.1, 0.15) is 5.75 Å². The third kappa shape index (κ3) is 3.99. The molecule has 0 spiro atoms. The van der Waals surface area contributed by atoms with Crippen LogP contribution in [0, 0.1) is 0 Å². The van der Waals surface area contributed by atoms with Gasteiger partial charge in [-0.05, 0) is 24.6 Å². The summed E-state index contributed by atoms with van der Waals surface area (Å²) in [5.74, 6) is 0.750. The molecule has 1 atom stereocenters. The van der Waals surface area contributed by atoms with Gasteiger partial charge in [-0.15, -0.1) is 0 Å². The second-order valence-electron chi connectivity index (χ2n) is 4.03. The Balaban J connectivity index is 2.78. The van der Waals surface area contributed by atoms with Gasteiger partial charge in [0.15, 0.2) is 0 Å². The Labute approximate surface area is 116 Å². The molecule has 1 N–H and O–H groups in total. The van der Waals surface area contributed by atoms with E-state index in [1.54, 1.807) is 12.0 Å². The highest BCUT2D eigenvalue weighted by atomic mass is 79.9. The van der Waals surface area contributed by atoms with Crippen molar-refractivity contribution in [3.8, 4) is 5.75 Å². The molecule has 0 unspecified atom stereocenters. The first kappa shape index (κ1) is 15.0. The third-order valence-electron chi connectivity index (χ3n) is 2.74. The first-order valence-electron chi connectivity index (χ1n) is 5.71. The Morgan fingerprint density at radius 1 is 1.44 bits per heavy atom. The van der Waals surface area contributed by atoms with Crippen molar-refractivity contribution in [2.45, 2.75) is 19.5 Å². The van der Waals surface area contributed by atoms with Gasteiger partial charge in [-0.2, -0.15) is 0 Å². The molecule has 0 aliphatic rings. The van der Waals surface area contributed by atoms with Gasteiger partial charge in [0, 0.05) is 6.54 Å². The number of amides is 1. The number of aliphatic hydroxyl groups excluding tert-OH is 1. The molecule has 0 aliphatic heterocycles. The zero-order valence-electron chi connectivity index (χ0n) is 10.6. The van der Waals surface area contributed by atoms with E-state index in [1.165, 1.54) is 0 Å². The van der Waals surface area contributed by atoms with Gasteiger partial charge < -0.3 is 14.7 Å². The van der Waals surface area contributed by atoms with Gasteiger partial charge in [-0.3, -0.25) is 4.79 Å². The van der Waals surface area contributed by atoms with Crippen LogP contribution in [-0.4, -0.2) is 41.0 Å². The molecule has 5 heteroatoms. The molecule has 0 aromatic heterocycles. The van der Waals surface area contributed by atoms with Crippen LogP contribution in [0.4, 0.5) is 0 Å². The molecule has 100 valence electrons. The molecule has 1 amide bonds. The van der Waals surface area contributed by atoms with Crippen LogP contribution in [0.1, 0.15) is 12.5 Å². The summed E-state index contributed by atoms with van der Waals surface area (Å²) < 4.78 is 5.08. The molecule has 0 saturated heterocycles. The number of carbonyl (C=O) groups is 1. The normalized spacial score (nSPS) is 12.0. The topological polar surface area (TPSA) is 49.8 Å². The fraction of sp³-hybridized carbons (Fsp3) is 0.462. The van der Waals surface area contributed by atoms with Crippen molar-refractivity contribution in [2.75, 3.05) is 19.0 Å². The summed E-state index contributed by atoms with van der Waals surface area (Å²) in [6.07, 6.45) is 0. The number of nitrogens with zero attached hydrogens (tertiary/aromatic N) is 1. The number of benzene rings is 1. The highest BCUT2D eigenvalue weighted by molar-refractivity contribution is 9.09. The molecule has 0 bridgehead atoms. The van der Waals surface area contributed by atoms with Crippen LogP contribution < -0.4 is 4.74 Å². The minimum Gasteiger partial charge on any atom is -0.497 e. The maximum atomic E-state index is 11.8. The lowest BCUT2D eigenvalue weighted by molar-refractivity contribution is -0.131. The van der Waals surface area contributed by atoms with Crippen LogP contribution in [0.5, 0.6) is 5.75 Å². The number of methoxy groups -OCH3 is 1. The molecule has 0 aliphatic carbocycles. The molecular formula is C13H18BrNO3. The Hall–Kier alpha value is -1.07. The Morgan fingerprint density at radius 3 is 2.50 bits per heavy atom. The van der Waals surface area contributed by atoms with Gasteiger partial charge in [0.25, 0.3) is 0 Å². The summed E-state index contributed by atoms with van der Waals surface area (Å²) in [6, 6.07) is 7.34. The summed E-state index contributed by atoms with van der Waals surface area (Å²) in [7, 11) is 1.61. The minimum atomic E-state index is -0.197. The van der Waals surface area contributed by atoms with Gasteiger partial charge in [-0.1, -0.05) is 28.1 Å². The van der Waals surface area contributed by atoms with Crippen LogP contribution >= 0.6 is 15.9 Å². The van der Waals surface area contributed by atoms with Crippen LogP contribution in [0.15, 0.2) is 24.3 Å². The fourth-order valence-electron chi connectivity index (χ4n) is 1.59. The van der Waals surface area contributed by atoms with Crippen molar-refractivity contribution in [3.05, 3.63) is 29.8 Å². The van der Waals surface area contributed by atoms with E-state index in [9.17, 15) is 9.90 Å². The lowest BCUT2D eigenvalue weighted by atomic mass is 10.1. The number of aliphatic hydroxyl groups is 1. The molecule has 4 nitrogen and oxygen atoms in total. The Bertz CT molecular complexity index is 380. The summed E-state index contributed by atoms with van der Waals surface area (Å²) >= 11 is 3.16. The highest BCUT2D eigenvalue weighted by Crippen LogP contribution is 2.14. The number of hydrogen-bond acceptors (Lipinski definition) is 3. The molecule has 0 saturated carbocycles. The molecule has 0 heterocycles. The summed E-state index contributed by atoms with van der Waals surface area (Å²) in [5, 5.41) is 9.44. The number of ether oxygens (including phenoxy) is 1. The number of alkyl halides is 1. The molecule has 18 heavy (non-hydrogen) atoms. The van der Waals surface area contributed by atoms with Gasteiger partial charge in [-0.25, -0.2) is 0 Å². The van der Waals surface area contributed by atoms with Crippen LogP contribution in [-0.2, 0) is 11.3 Å². The molecular weight excluding hydrogens is 298 g/mol. The van der Waals surface area contributed by atoms with E-state index in [1.807, 2.05) is 31.2 Å².